The van der Waals surface area contributed by atoms with Gasteiger partial charge in [-0.05, 0) is 44.4 Å². The summed E-state index contributed by atoms with van der Waals surface area (Å²) in [5.41, 5.74) is 2.66. The first-order valence-electron chi connectivity index (χ1n) is 8.81. The third-order valence-electron chi connectivity index (χ3n) is 3.40. The van der Waals surface area contributed by atoms with E-state index in [-0.39, 0.29) is 11.6 Å². The average Bonchev–Trinajstić information content (AvgIpc) is 2.68. The first-order chi connectivity index (χ1) is 12.5. The molecule has 1 aromatic carbocycles. The number of non-ortho nitro benzene ring substituents is 1. The molecule has 1 rings (SSSR count). The lowest BCUT2D eigenvalue weighted by molar-refractivity contribution is -0.384. The third-order valence-corrected chi connectivity index (χ3v) is 3.40. The van der Waals surface area contributed by atoms with Gasteiger partial charge in [-0.2, -0.15) is 10.2 Å². The Labute approximate surface area is 156 Å². The van der Waals surface area contributed by atoms with Gasteiger partial charge in [0.25, 0.3) is 5.69 Å². The zero-order chi connectivity index (χ0) is 19.9. The second-order valence-corrected chi connectivity index (χ2v) is 5.12. The summed E-state index contributed by atoms with van der Waals surface area (Å²) < 4.78 is 0. The van der Waals surface area contributed by atoms with Crippen LogP contribution < -0.4 is 0 Å². The predicted octanol–water partition coefficient (Wildman–Crippen LogP) is 7.12. The van der Waals surface area contributed by atoms with Crippen molar-refractivity contribution < 1.29 is 4.92 Å². The van der Waals surface area contributed by atoms with Crippen molar-refractivity contribution in [3.8, 4) is 0 Å². The summed E-state index contributed by atoms with van der Waals surface area (Å²) in [5.74, 6) is 0.118. The number of benzene rings is 1. The van der Waals surface area contributed by atoms with E-state index >= 15 is 0 Å². The zero-order valence-corrected chi connectivity index (χ0v) is 16.5. The maximum atomic E-state index is 10.7. The number of nitrogens with zero attached hydrogens (tertiary/aromatic N) is 3. The number of allylic oxidation sites excluding steroid dienone is 6. The lowest BCUT2D eigenvalue weighted by atomic mass is 10.0. The van der Waals surface area contributed by atoms with Gasteiger partial charge < -0.3 is 0 Å². The van der Waals surface area contributed by atoms with E-state index in [1.807, 2.05) is 78.0 Å². The van der Waals surface area contributed by atoms with Gasteiger partial charge >= 0.3 is 0 Å². The van der Waals surface area contributed by atoms with E-state index in [1.165, 1.54) is 12.1 Å². The van der Waals surface area contributed by atoms with Gasteiger partial charge in [-0.15, -0.1) is 0 Å². The molecule has 1 aromatic rings. The van der Waals surface area contributed by atoms with E-state index in [0.29, 0.717) is 0 Å². The molecule has 0 aliphatic rings. The van der Waals surface area contributed by atoms with Crippen molar-refractivity contribution in [2.75, 3.05) is 0 Å². The number of nitro groups is 1. The highest BCUT2D eigenvalue weighted by atomic mass is 16.6. The molecule has 0 saturated heterocycles. The average molecular weight is 355 g/mol. The van der Waals surface area contributed by atoms with Gasteiger partial charge in [0, 0.05) is 12.1 Å². The van der Waals surface area contributed by atoms with Crippen LogP contribution in [0.1, 0.15) is 53.0 Å². The molecule has 0 bridgehead atoms. The molecule has 1 unspecified atom stereocenters. The van der Waals surface area contributed by atoms with Crippen LogP contribution in [0.15, 0.2) is 82.3 Å². The van der Waals surface area contributed by atoms with Crippen LogP contribution in [0, 0.1) is 10.1 Å². The van der Waals surface area contributed by atoms with E-state index in [0.717, 1.165) is 17.0 Å². The summed E-state index contributed by atoms with van der Waals surface area (Å²) >= 11 is 0. The Bertz CT molecular complexity index is 696. The normalized spacial score (nSPS) is 13.9. The molecule has 5 nitrogen and oxygen atoms in total. The lowest BCUT2D eigenvalue weighted by Gasteiger charge is -2.06. The van der Waals surface area contributed by atoms with E-state index < -0.39 is 4.92 Å². The van der Waals surface area contributed by atoms with E-state index in [4.69, 9.17) is 0 Å². The number of azo groups is 1. The van der Waals surface area contributed by atoms with Crippen molar-refractivity contribution in [2.24, 2.45) is 10.2 Å². The second-order valence-electron chi connectivity index (χ2n) is 5.12. The molecule has 0 N–H and O–H groups in total. The fraction of sp³-hybridized carbons (Fsp3) is 0.333. The molecular weight excluding hydrogens is 326 g/mol. The molecule has 26 heavy (non-hydrogen) atoms. The first-order valence-corrected chi connectivity index (χ1v) is 8.81. The molecular formula is C21H29N3O2. The molecule has 1 atom stereocenters. The summed E-state index contributed by atoms with van der Waals surface area (Å²) in [4.78, 5) is 10.3. The van der Waals surface area contributed by atoms with Crippen molar-refractivity contribution in [3.05, 3.63) is 87.8 Å². The molecule has 5 heteroatoms. The third kappa shape index (κ3) is 8.33. The van der Waals surface area contributed by atoms with Crippen LogP contribution in [0.3, 0.4) is 0 Å². The molecule has 0 amide bonds. The van der Waals surface area contributed by atoms with Gasteiger partial charge in [-0.25, -0.2) is 0 Å². The highest BCUT2D eigenvalue weighted by Gasteiger charge is 2.06. The van der Waals surface area contributed by atoms with Crippen LogP contribution in [-0.2, 0) is 0 Å². The molecule has 0 radical (unpaired) electrons. The minimum atomic E-state index is -0.397. The van der Waals surface area contributed by atoms with Crippen molar-refractivity contribution in [1.29, 1.82) is 0 Å². The summed E-state index contributed by atoms with van der Waals surface area (Å²) in [6, 6.07) is 6.58. The second kappa shape index (κ2) is 13.5. The molecule has 0 aliphatic carbocycles. The quantitative estimate of drug-likeness (QED) is 0.226. The fourth-order valence-corrected chi connectivity index (χ4v) is 1.91. The molecule has 0 aliphatic heterocycles. The lowest BCUT2D eigenvalue weighted by Crippen LogP contribution is -1.92. The van der Waals surface area contributed by atoms with E-state index in [1.54, 1.807) is 12.1 Å². The number of hydrogen-bond acceptors (Lipinski definition) is 4. The van der Waals surface area contributed by atoms with Crippen molar-refractivity contribution in [2.45, 2.75) is 47.5 Å². The van der Waals surface area contributed by atoms with Gasteiger partial charge in [0.2, 0.25) is 0 Å². The Balaban J connectivity index is 0.00000301. The van der Waals surface area contributed by atoms with Crippen LogP contribution in [0.5, 0.6) is 0 Å². The highest BCUT2D eigenvalue weighted by molar-refractivity contribution is 5.36. The van der Waals surface area contributed by atoms with Crippen molar-refractivity contribution >= 4 is 5.69 Å². The standard InChI is InChI=1S/C19H23N3O2.C2H6/c1-5-8-17(6-2)20-21-18(7-3)12-9-15(4)16-10-13-19(14-11-16)22(23)24;1-2/h5-15H,1-4H3;1-2H3/b8-5-,12-9-,17-6+,18-7+,21-20-;. The molecule has 0 fully saturated rings. The van der Waals surface area contributed by atoms with Gasteiger partial charge in [-0.3, -0.25) is 10.1 Å². The number of rotatable bonds is 7. The van der Waals surface area contributed by atoms with Gasteiger partial charge in [0.15, 0.2) is 0 Å². The van der Waals surface area contributed by atoms with Gasteiger partial charge in [0.1, 0.15) is 0 Å². The van der Waals surface area contributed by atoms with Crippen LogP contribution >= 0.6 is 0 Å². The molecule has 0 spiro atoms. The Kier molecular flexibility index (Phi) is 12.0. The monoisotopic (exact) mass is 355 g/mol. The van der Waals surface area contributed by atoms with Crippen molar-refractivity contribution in [1.82, 2.24) is 0 Å². The summed E-state index contributed by atoms with van der Waals surface area (Å²) in [6.45, 7) is 11.8. The topological polar surface area (TPSA) is 67.9 Å². The minimum absolute atomic E-state index is 0.0979. The van der Waals surface area contributed by atoms with Crippen LogP contribution in [0.4, 0.5) is 5.69 Å². The molecule has 0 heterocycles. The molecule has 0 aromatic heterocycles. The maximum absolute atomic E-state index is 10.7. The predicted molar refractivity (Wildman–Crippen MR) is 109 cm³/mol. The molecule has 0 saturated carbocycles. The minimum Gasteiger partial charge on any atom is -0.258 e. The highest BCUT2D eigenvalue weighted by Crippen LogP contribution is 2.21. The number of hydrogen-bond donors (Lipinski definition) is 0. The van der Waals surface area contributed by atoms with Gasteiger partial charge in [0.05, 0.1) is 16.3 Å². The van der Waals surface area contributed by atoms with E-state index in [9.17, 15) is 10.1 Å². The van der Waals surface area contributed by atoms with Gasteiger partial charge in [-0.1, -0.05) is 57.2 Å². The summed E-state index contributed by atoms with van der Waals surface area (Å²) in [7, 11) is 0. The summed E-state index contributed by atoms with van der Waals surface area (Å²) in [6.07, 6.45) is 11.5. The van der Waals surface area contributed by atoms with E-state index in [2.05, 4.69) is 10.2 Å². The fourth-order valence-electron chi connectivity index (χ4n) is 1.91. The molecule has 140 valence electrons. The first kappa shape index (κ1) is 23.2. The Morgan fingerprint density at radius 2 is 1.50 bits per heavy atom. The van der Waals surface area contributed by atoms with Crippen LogP contribution in [-0.4, -0.2) is 4.92 Å². The Morgan fingerprint density at radius 3 is 1.92 bits per heavy atom. The zero-order valence-electron chi connectivity index (χ0n) is 16.5. The maximum Gasteiger partial charge on any atom is 0.269 e. The van der Waals surface area contributed by atoms with Crippen LogP contribution in [0.2, 0.25) is 0 Å². The largest absolute Gasteiger partial charge is 0.269 e. The Morgan fingerprint density at radius 1 is 1.00 bits per heavy atom. The number of nitro benzene ring substituents is 1. The Hall–Kier alpha value is -2.82. The summed E-state index contributed by atoms with van der Waals surface area (Å²) in [5, 5.41) is 19.1. The van der Waals surface area contributed by atoms with Crippen LogP contribution in [0.25, 0.3) is 0 Å². The van der Waals surface area contributed by atoms with Crippen molar-refractivity contribution in [3.63, 3.8) is 0 Å². The smallest absolute Gasteiger partial charge is 0.258 e. The SMILES string of the molecule is CC.C\C=C/C(=C\C)/N=N\C(\C=C/C(C)c1ccc([N+](=O)[O-])cc1)=C\C.